The number of fused-ring (bicyclic) bond motifs is 1. The molecule has 9 nitrogen and oxygen atoms in total. The molecule has 0 atom stereocenters. The fourth-order valence-corrected chi connectivity index (χ4v) is 3.07. The average molecular weight is 450 g/mol. The Hall–Kier alpha value is -3.70. The SMILES string of the molecule is O=C(Cc1cnn(-c2ccccc2)n1)NCc1nc2c([nH]1)CCCC2.O=C(O)C(F)(F)F. The minimum Gasteiger partial charge on any atom is -0.475 e. The van der Waals surface area contributed by atoms with Crippen LogP contribution in [0.25, 0.3) is 5.69 Å². The molecule has 2 heterocycles. The number of imidazole rings is 1. The van der Waals surface area contributed by atoms with Crippen molar-refractivity contribution in [3.63, 3.8) is 0 Å². The highest BCUT2D eigenvalue weighted by molar-refractivity contribution is 5.77. The van der Waals surface area contributed by atoms with E-state index in [2.05, 4.69) is 25.5 Å². The van der Waals surface area contributed by atoms with Crippen LogP contribution in [0.4, 0.5) is 13.2 Å². The second-order valence-electron chi connectivity index (χ2n) is 7.03. The number of aromatic amines is 1. The van der Waals surface area contributed by atoms with E-state index in [0.717, 1.165) is 30.0 Å². The third kappa shape index (κ3) is 6.40. The van der Waals surface area contributed by atoms with E-state index in [-0.39, 0.29) is 12.3 Å². The van der Waals surface area contributed by atoms with Gasteiger partial charge in [0.25, 0.3) is 0 Å². The van der Waals surface area contributed by atoms with Gasteiger partial charge in [-0.25, -0.2) is 9.78 Å². The monoisotopic (exact) mass is 450 g/mol. The number of nitrogens with zero attached hydrogens (tertiary/aromatic N) is 4. The van der Waals surface area contributed by atoms with Crippen molar-refractivity contribution in [1.29, 1.82) is 0 Å². The first kappa shape index (κ1) is 23.0. The minimum absolute atomic E-state index is 0.0884. The van der Waals surface area contributed by atoms with E-state index in [1.54, 1.807) is 6.20 Å². The topological polar surface area (TPSA) is 126 Å². The van der Waals surface area contributed by atoms with Gasteiger partial charge in [0.1, 0.15) is 5.82 Å². The van der Waals surface area contributed by atoms with Crippen LogP contribution in [0.1, 0.15) is 35.7 Å². The highest BCUT2D eigenvalue weighted by Crippen LogP contribution is 2.18. The molecule has 0 saturated carbocycles. The molecular formula is C20H21F3N6O3. The molecule has 4 rings (SSSR count). The van der Waals surface area contributed by atoms with Gasteiger partial charge in [-0.15, -0.1) is 0 Å². The Morgan fingerprint density at radius 1 is 1.16 bits per heavy atom. The van der Waals surface area contributed by atoms with Crippen LogP contribution in [0, 0.1) is 0 Å². The molecule has 0 spiro atoms. The number of hydrogen-bond acceptors (Lipinski definition) is 5. The lowest BCUT2D eigenvalue weighted by atomic mass is 10.0. The van der Waals surface area contributed by atoms with Gasteiger partial charge >= 0.3 is 12.1 Å². The zero-order valence-electron chi connectivity index (χ0n) is 16.9. The maximum Gasteiger partial charge on any atom is 0.490 e. The summed E-state index contributed by atoms with van der Waals surface area (Å²) in [6.07, 6.45) is 1.23. The molecule has 1 amide bonds. The van der Waals surface area contributed by atoms with Crippen LogP contribution in [0.2, 0.25) is 0 Å². The largest absolute Gasteiger partial charge is 0.490 e. The van der Waals surface area contributed by atoms with Crippen LogP contribution >= 0.6 is 0 Å². The first-order valence-corrected chi connectivity index (χ1v) is 9.82. The van der Waals surface area contributed by atoms with Gasteiger partial charge in [0, 0.05) is 5.69 Å². The first-order chi connectivity index (χ1) is 15.2. The van der Waals surface area contributed by atoms with Crippen LogP contribution in [0.3, 0.4) is 0 Å². The predicted molar refractivity (Wildman–Crippen MR) is 106 cm³/mol. The van der Waals surface area contributed by atoms with Gasteiger partial charge in [0.15, 0.2) is 0 Å². The summed E-state index contributed by atoms with van der Waals surface area (Å²) in [5.41, 5.74) is 3.89. The van der Waals surface area contributed by atoms with Gasteiger partial charge in [-0.2, -0.15) is 28.2 Å². The molecule has 32 heavy (non-hydrogen) atoms. The number of nitrogens with one attached hydrogen (secondary N) is 2. The number of hydrogen-bond donors (Lipinski definition) is 3. The third-order valence-corrected chi connectivity index (χ3v) is 4.57. The lowest BCUT2D eigenvalue weighted by molar-refractivity contribution is -0.192. The van der Waals surface area contributed by atoms with Crippen molar-refractivity contribution in [3.05, 3.63) is 59.4 Å². The summed E-state index contributed by atoms with van der Waals surface area (Å²) < 4.78 is 31.7. The summed E-state index contributed by atoms with van der Waals surface area (Å²) in [6.45, 7) is 0.415. The minimum atomic E-state index is -5.08. The first-order valence-electron chi connectivity index (χ1n) is 9.82. The number of H-pyrrole nitrogens is 1. The molecule has 1 aliphatic carbocycles. The second-order valence-corrected chi connectivity index (χ2v) is 7.03. The molecule has 3 aromatic rings. The second kappa shape index (κ2) is 10.1. The van der Waals surface area contributed by atoms with Crippen molar-refractivity contribution >= 4 is 11.9 Å². The number of para-hydroxylation sites is 1. The van der Waals surface area contributed by atoms with E-state index >= 15 is 0 Å². The Morgan fingerprint density at radius 3 is 2.50 bits per heavy atom. The summed E-state index contributed by atoms with van der Waals surface area (Å²) in [5.74, 6) is -2.02. The lowest BCUT2D eigenvalue weighted by Gasteiger charge is -2.07. The molecule has 1 aromatic carbocycles. The number of aromatic nitrogens is 5. The standard InChI is InChI=1S/C18H20N6O.C2HF3O2/c25-18(19-12-17-21-15-8-4-5-9-16(15)22-17)10-13-11-20-24(23-13)14-6-2-1-3-7-14;3-2(4,5)1(6)7/h1-3,6-7,11H,4-5,8-10,12H2,(H,19,25)(H,21,22);(H,6,7). The van der Waals surface area contributed by atoms with Crippen LogP contribution in [0.15, 0.2) is 36.5 Å². The number of aliphatic carboxylic acids is 1. The van der Waals surface area contributed by atoms with E-state index < -0.39 is 12.1 Å². The number of aryl methyl sites for hydroxylation is 2. The molecular weight excluding hydrogens is 429 g/mol. The average Bonchev–Trinajstić information content (AvgIpc) is 3.39. The molecule has 3 N–H and O–H groups in total. The number of rotatable bonds is 5. The maximum absolute atomic E-state index is 12.1. The summed E-state index contributed by atoms with van der Waals surface area (Å²) in [6, 6.07) is 9.63. The van der Waals surface area contributed by atoms with E-state index in [4.69, 9.17) is 9.90 Å². The Balaban J connectivity index is 0.000000360. The number of halogens is 3. The highest BCUT2D eigenvalue weighted by Gasteiger charge is 2.38. The molecule has 0 unspecified atom stereocenters. The van der Waals surface area contributed by atoms with E-state index in [1.165, 1.54) is 23.3 Å². The van der Waals surface area contributed by atoms with Crippen LogP contribution in [0.5, 0.6) is 0 Å². The maximum atomic E-state index is 12.1. The highest BCUT2D eigenvalue weighted by atomic mass is 19.4. The molecule has 170 valence electrons. The summed E-state index contributed by atoms with van der Waals surface area (Å²) >= 11 is 0. The molecule has 2 aromatic heterocycles. The summed E-state index contributed by atoms with van der Waals surface area (Å²) in [4.78, 5) is 30.5. The van der Waals surface area contributed by atoms with Crippen molar-refractivity contribution in [3.8, 4) is 5.69 Å². The smallest absolute Gasteiger partial charge is 0.475 e. The van der Waals surface area contributed by atoms with Gasteiger partial charge in [0.2, 0.25) is 5.91 Å². The fraction of sp³-hybridized carbons (Fsp3) is 0.350. The van der Waals surface area contributed by atoms with Crippen molar-refractivity contribution in [2.75, 3.05) is 0 Å². The van der Waals surface area contributed by atoms with Gasteiger partial charge in [0.05, 0.1) is 36.2 Å². The normalized spacial score (nSPS) is 13.0. The zero-order valence-corrected chi connectivity index (χ0v) is 16.9. The molecule has 0 bridgehead atoms. The number of carboxylic acids is 1. The number of carbonyl (C=O) groups excluding carboxylic acids is 1. The lowest BCUT2D eigenvalue weighted by Crippen LogP contribution is -2.25. The van der Waals surface area contributed by atoms with Crippen molar-refractivity contribution < 1.29 is 27.9 Å². The zero-order chi connectivity index (χ0) is 23.1. The molecule has 0 radical (unpaired) electrons. The van der Waals surface area contributed by atoms with Gasteiger partial charge in [-0.1, -0.05) is 18.2 Å². The van der Waals surface area contributed by atoms with Crippen LogP contribution < -0.4 is 5.32 Å². The van der Waals surface area contributed by atoms with Gasteiger partial charge < -0.3 is 15.4 Å². The van der Waals surface area contributed by atoms with Crippen molar-refractivity contribution in [2.24, 2.45) is 0 Å². The Kier molecular flexibility index (Phi) is 7.23. The number of amides is 1. The summed E-state index contributed by atoms with van der Waals surface area (Å²) in [7, 11) is 0. The Morgan fingerprint density at radius 2 is 1.84 bits per heavy atom. The number of alkyl halides is 3. The molecule has 0 fully saturated rings. The fourth-order valence-electron chi connectivity index (χ4n) is 3.07. The number of benzene rings is 1. The van der Waals surface area contributed by atoms with E-state index in [9.17, 15) is 18.0 Å². The Labute approximate surface area is 180 Å². The van der Waals surface area contributed by atoms with Crippen molar-refractivity contribution in [1.82, 2.24) is 30.3 Å². The number of carboxylic acid groups (broad SMARTS) is 1. The van der Waals surface area contributed by atoms with Gasteiger partial charge in [-0.05, 0) is 37.8 Å². The van der Waals surface area contributed by atoms with Crippen LogP contribution in [-0.2, 0) is 35.4 Å². The van der Waals surface area contributed by atoms with Crippen molar-refractivity contribution in [2.45, 2.75) is 44.8 Å². The third-order valence-electron chi connectivity index (χ3n) is 4.57. The molecule has 1 aliphatic rings. The van der Waals surface area contributed by atoms with E-state index in [0.29, 0.717) is 12.2 Å². The van der Waals surface area contributed by atoms with Crippen LogP contribution in [-0.4, -0.2) is 48.1 Å². The quantitative estimate of drug-likeness (QED) is 0.548. The number of carbonyl (C=O) groups is 2. The summed E-state index contributed by atoms with van der Waals surface area (Å²) in [5, 5.41) is 18.6. The molecule has 0 saturated heterocycles. The molecule has 12 heteroatoms. The van der Waals surface area contributed by atoms with Gasteiger partial charge in [-0.3, -0.25) is 4.79 Å². The Bertz CT molecular complexity index is 1040. The van der Waals surface area contributed by atoms with E-state index in [1.807, 2.05) is 30.3 Å². The molecule has 0 aliphatic heterocycles. The predicted octanol–water partition coefficient (Wildman–Crippen LogP) is 2.36.